The molecule has 1 aliphatic heterocycles. The molecule has 10 heavy (non-hydrogen) atoms. The molecular formula is C4Cl3N3. The maximum absolute atomic E-state index is 8.31. The van der Waals surface area contributed by atoms with Crippen molar-refractivity contribution in [2.24, 2.45) is 9.98 Å². The normalized spacial score (nSPS) is 21.4. The fourth-order valence-corrected chi connectivity index (χ4v) is 1.08. The molecule has 0 saturated heterocycles. The number of alkyl halides is 2. The predicted molar refractivity (Wildman–Crippen MR) is 40.8 cm³/mol. The number of rotatable bonds is 0. The summed E-state index contributed by atoms with van der Waals surface area (Å²) in [5.41, 5.74) is -0.0355. The maximum atomic E-state index is 8.31. The summed E-state index contributed by atoms with van der Waals surface area (Å²) < 4.78 is -1.60. The average molecular weight is 196 g/mol. The van der Waals surface area contributed by atoms with Gasteiger partial charge in [0.25, 0.3) is 0 Å². The van der Waals surface area contributed by atoms with Crippen LogP contribution in [-0.4, -0.2) is 15.5 Å². The van der Waals surface area contributed by atoms with E-state index < -0.39 is 4.58 Å². The quantitative estimate of drug-likeness (QED) is 0.430. The first-order valence-electron chi connectivity index (χ1n) is 2.18. The van der Waals surface area contributed by atoms with Crippen molar-refractivity contribution in [2.75, 3.05) is 0 Å². The second-order valence-corrected chi connectivity index (χ2v) is 3.09. The van der Waals surface area contributed by atoms with Crippen molar-refractivity contribution in [1.29, 1.82) is 5.26 Å². The van der Waals surface area contributed by atoms with Crippen LogP contribution in [0.3, 0.4) is 0 Å². The summed E-state index contributed by atoms with van der Waals surface area (Å²) in [7, 11) is 0. The second-order valence-electron chi connectivity index (χ2n) is 1.48. The molecule has 52 valence electrons. The maximum Gasteiger partial charge on any atom is 0.308 e. The van der Waals surface area contributed by atoms with Crippen molar-refractivity contribution in [3.8, 4) is 6.07 Å². The van der Waals surface area contributed by atoms with Crippen LogP contribution in [0.1, 0.15) is 0 Å². The fourth-order valence-electron chi connectivity index (χ4n) is 0.448. The summed E-state index contributed by atoms with van der Waals surface area (Å²) >= 11 is 16.2. The number of hydrogen-bond donors (Lipinski definition) is 0. The molecule has 0 N–H and O–H groups in total. The van der Waals surface area contributed by atoms with E-state index in [9.17, 15) is 0 Å². The van der Waals surface area contributed by atoms with Gasteiger partial charge in [0.05, 0.1) is 0 Å². The average Bonchev–Trinajstić information content (AvgIpc) is 2.05. The first kappa shape index (κ1) is 7.80. The molecule has 3 nitrogen and oxygen atoms in total. The van der Waals surface area contributed by atoms with Gasteiger partial charge in [-0.1, -0.05) is 34.8 Å². The first-order valence-corrected chi connectivity index (χ1v) is 3.32. The monoisotopic (exact) mass is 195 g/mol. The van der Waals surface area contributed by atoms with Crippen molar-refractivity contribution in [3.63, 3.8) is 0 Å². The SMILES string of the molecule is N#CC1=NC(Cl)(Cl)N=C1Cl. The van der Waals surface area contributed by atoms with Gasteiger partial charge in [-0.15, -0.1) is 0 Å². The van der Waals surface area contributed by atoms with E-state index in [1.54, 1.807) is 6.07 Å². The minimum absolute atomic E-state index is 0.0355. The van der Waals surface area contributed by atoms with Gasteiger partial charge >= 0.3 is 4.58 Å². The highest BCUT2D eigenvalue weighted by molar-refractivity contribution is 6.87. The van der Waals surface area contributed by atoms with E-state index in [1.165, 1.54) is 0 Å². The lowest BCUT2D eigenvalue weighted by molar-refractivity contribution is 0.912. The minimum atomic E-state index is -1.60. The molecule has 6 heteroatoms. The van der Waals surface area contributed by atoms with Crippen molar-refractivity contribution in [2.45, 2.75) is 4.58 Å². The number of nitrogens with zero attached hydrogens (tertiary/aromatic N) is 3. The Morgan fingerprint density at radius 2 is 2.00 bits per heavy atom. The number of aliphatic imine (C=N–C) groups is 2. The van der Waals surface area contributed by atoms with E-state index in [-0.39, 0.29) is 10.9 Å². The van der Waals surface area contributed by atoms with Gasteiger partial charge in [0.15, 0.2) is 10.9 Å². The second kappa shape index (κ2) is 2.39. The van der Waals surface area contributed by atoms with Gasteiger partial charge in [0, 0.05) is 0 Å². The van der Waals surface area contributed by atoms with E-state index >= 15 is 0 Å². The highest BCUT2D eigenvalue weighted by Crippen LogP contribution is 2.29. The third-order valence-corrected chi connectivity index (χ3v) is 1.38. The molecule has 0 bridgehead atoms. The molecule has 0 atom stereocenters. The summed E-state index contributed by atoms with van der Waals surface area (Å²) in [6.07, 6.45) is 0. The van der Waals surface area contributed by atoms with Crippen LogP contribution in [-0.2, 0) is 0 Å². The predicted octanol–water partition coefficient (Wildman–Crippen LogP) is 1.69. The molecule has 1 rings (SSSR count). The van der Waals surface area contributed by atoms with E-state index in [1.807, 2.05) is 0 Å². The van der Waals surface area contributed by atoms with E-state index in [0.717, 1.165) is 0 Å². The molecule has 1 aliphatic rings. The largest absolute Gasteiger partial charge is 0.308 e. The third-order valence-electron chi connectivity index (χ3n) is 0.780. The summed E-state index contributed by atoms with van der Waals surface area (Å²) in [4.78, 5) is 6.93. The molecule has 0 fully saturated rings. The topological polar surface area (TPSA) is 48.5 Å². The minimum Gasteiger partial charge on any atom is -0.211 e. The highest BCUT2D eigenvalue weighted by Gasteiger charge is 2.30. The van der Waals surface area contributed by atoms with E-state index in [0.29, 0.717) is 0 Å². The molecule has 1 heterocycles. The molecule has 0 aromatic heterocycles. The Hall–Kier alpha value is -0.300. The zero-order chi connectivity index (χ0) is 7.78. The lowest BCUT2D eigenvalue weighted by Crippen LogP contribution is -1.99. The molecule has 0 aliphatic carbocycles. The molecule has 0 radical (unpaired) electrons. The molecule has 0 spiro atoms. The number of halogens is 3. The summed E-state index contributed by atoms with van der Waals surface area (Å²) in [5.74, 6) is 0. The van der Waals surface area contributed by atoms with Crippen molar-refractivity contribution in [3.05, 3.63) is 0 Å². The van der Waals surface area contributed by atoms with Gasteiger partial charge in [-0.25, -0.2) is 9.98 Å². The highest BCUT2D eigenvalue weighted by atomic mass is 35.5. The van der Waals surface area contributed by atoms with Crippen molar-refractivity contribution < 1.29 is 0 Å². The Kier molecular flexibility index (Phi) is 1.86. The van der Waals surface area contributed by atoms with Gasteiger partial charge < -0.3 is 0 Å². The zero-order valence-corrected chi connectivity index (χ0v) is 6.74. The smallest absolute Gasteiger partial charge is 0.211 e. The Morgan fingerprint density at radius 1 is 1.40 bits per heavy atom. The van der Waals surface area contributed by atoms with Crippen LogP contribution in [0.4, 0.5) is 0 Å². The molecule has 0 amide bonds. The van der Waals surface area contributed by atoms with Gasteiger partial charge in [-0.3, -0.25) is 0 Å². The van der Waals surface area contributed by atoms with Crippen LogP contribution in [0.2, 0.25) is 0 Å². The van der Waals surface area contributed by atoms with Gasteiger partial charge in [0.1, 0.15) is 6.07 Å². The Balaban J connectivity index is 3.04. The van der Waals surface area contributed by atoms with Crippen LogP contribution in [0.25, 0.3) is 0 Å². The Bertz CT molecular complexity index is 259. The summed E-state index contributed by atoms with van der Waals surface area (Å²) in [6.45, 7) is 0. The zero-order valence-electron chi connectivity index (χ0n) is 4.48. The van der Waals surface area contributed by atoms with Crippen LogP contribution < -0.4 is 0 Å². The van der Waals surface area contributed by atoms with Crippen LogP contribution in [0, 0.1) is 11.3 Å². The van der Waals surface area contributed by atoms with Crippen molar-refractivity contribution in [1.82, 2.24) is 0 Å². The van der Waals surface area contributed by atoms with E-state index in [4.69, 9.17) is 40.1 Å². The van der Waals surface area contributed by atoms with Crippen molar-refractivity contribution >= 4 is 45.7 Å². The third kappa shape index (κ3) is 1.40. The Labute approximate surface area is 71.9 Å². The number of hydrogen-bond acceptors (Lipinski definition) is 3. The van der Waals surface area contributed by atoms with Crippen LogP contribution in [0.5, 0.6) is 0 Å². The molecular weight excluding hydrogens is 196 g/mol. The lowest BCUT2D eigenvalue weighted by Gasteiger charge is -1.98. The standard InChI is InChI=1S/C4Cl3N3/c5-3-2(1-8)9-4(6,7)10-3. The molecule has 0 aromatic carbocycles. The van der Waals surface area contributed by atoms with Gasteiger partial charge in [-0.2, -0.15) is 5.26 Å². The number of nitriles is 1. The fraction of sp³-hybridized carbons (Fsp3) is 0.250. The van der Waals surface area contributed by atoms with E-state index in [2.05, 4.69) is 9.98 Å². The summed E-state index contributed by atoms with van der Waals surface area (Å²) in [6, 6.07) is 1.69. The molecule has 0 saturated carbocycles. The van der Waals surface area contributed by atoms with Crippen LogP contribution >= 0.6 is 34.8 Å². The molecule has 0 aromatic rings. The Morgan fingerprint density at radius 3 is 2.20 bits per heavy atom. The van der Waals surface area contributed by atoms with Gasteiger partial charge in [-0.05, 0) is 0 Å². The lowest BCUT2D eigenvalue weighted by atomic mass is 10.5. The molecule has 0 unspecified atom stereocenters. The van der Waals surface area contributed by atoms with Crippen LogP contribution in [0.15, 0.2) is 9.98 Å². The summed E-state index contributed by atoms with van der Waals surface area (Å²) in [5, 5.41) is 8.26. The van der Waals surface area contributed by atoms with Gasteiger partial charge in [0.2, 0.25) is 0 Å². The first-order chi connectivity index (χ1) is 4.55.